The highest BCUT2D eigenvalue weighted by Crippen LogP contribution is 2.20. The maximum atomic E-state index is 13.3. The van der Waals surface area contributed by atoms with Gasteiger partial charge in [0.05, 0.1) is 18.7 Å². The van der Waals surface area contributed by atoms with Gasteiger partial charge in [-0.25, -0.2) is 14.4 Å². The van der Waals surface area contributed by atoms with Crippen molar-refractivity contribution < 1.29 is 13.9 Å². The molecule has 1 aromatic carbocycles. The Morgan fingerprint density at radius 3 is 3.18 bits per heavy atom. The molecule has 1 N–H and O–H groups in total. The topological polar surface area (TPSA) is 56.3 Å². The zero-order valence-electron chi connectivity index (χ0n) is 12.4. The lowest BCUT2D eigenvalue weighted by Gasteiger charge is -2.10. The van der Waals surface area contributed by atoms with Crippen molar-refractivity contribution >= 4 is 16.7 Å². The van der Waals surface area contributed by atoms with Crippen LogP contribution < -0.4 is 5.32 Å². The lowest BCUT2D eigenvalue weighted by molar-refractivity contribution is 0.0897. The van der Waals surface area contributed by atoms with Gasteiger partial charge in [0, 0.05) is 31.1 Å². The van der Waals surface area contributed by atoms with Gasteiger partial charge in [0.1, 0.15) is 18.0 Å². The predicted molar refractivity (Wildman–Crippen MR) is 82.3 cm³/mol. The molecule has 6 heteroatoms. The van der Waals surface area contributed by atoms with Gasteiger partial charge in [-0.1, -0.05) is 0 Å². The van der Waals surface area contributed by atoms with E-state index in [4.69, 9.17) is 9.47 Å². The third-order valence-electron chi connectivity index (χ3n) is 3.73. The Morgan fingerprint density at radius 2 is 2.32 bits per heavy atom. The van der Waals surface area contributed by atoms with Crippen LogP contribution in [0.25, 0.3) is 10.9 Å². The second-order valence-corrected chi connectivity index (χ2v) is 5.47. The van der Waals surface area contributed by atoms with E-state index in [1.54, 1.807) is 6.07 Å². The van der Waals surface area contributed by atoms with E-state index in [9.17, 15) is 4.39 Å². The molecule has 2 heterocycles. The van der Waals surface area contributed by atoms with Crippen LogP contribution in [0.1, 0.15) is 12.8 Å². The highest BCUT2D eigenvalue weighted by atomic mass is 19.1. The molecule has 118 valence electrons. The molecule has 0 spiro atoms. The number of rotatable bonds is 7. The fourth-order valence-corrected chi connectivity index (χ4v) is 2.52. The van der Waals surface area contributed by atoms with E-state index in [0.29, 0.717) is 23.7 Å². The zero-order valence-corrected chi connectivity index (χ0v) is 12.4. The van der Waals surface area contributed by atoms with Crippen LogP contribution in [0.5, 0.6) is 0 Å². The van der Waals surface area contributed by atoms with Gasteiger partial charge in [0.2, 0.25) is 0 Å². The Kier molecular flexibility index (Phi) is 5.13. The number of nitrogens with zero attached hydrogens (tertiary/aromatic N) is 2. The number of anilines is 1. The van der Waals surface area contributed by atoms with Crippen molar-refractivity contribution in [2.24, 2.45) is 5.92 Å². The normalized spacial score (nSPS) is 18.0. The average Bonchev–Trinajstić information content (AvgIpc) is 3.04. The van der Waals surface area contributed by atoms with Crippen molar-refractivity contribution in [3.05, 3.63) is 30.3 Å². The summed E-state index contributed by atoms with van der Waals surface area (Å²) in [7, 11) is 0. The smallest absolute Gasteiger partial charge is 0.137 e. The number of hydrogen-bond acceptors (Lipinski definition) is 5. The number of fused-ring (bicyclic) bond motifs is 1. The highest BCUT2D eigenvalue weighted by Gasteiger charge is 2.15. The maximum Gasteiger partial charge on any atom is 0.137 e. The molecule has 0 amide bonds. The average molecular weight is 305 g/mol. The lowest BCUT2D eigenvalue weighted by atomic mass is 10.1. The second kappa shape index (κ2) is 7.47. The van der Waals surface area contributed by atoms with Crippen molar-refractivity contribution in [2.45, 2.75) is 12.8 Å². The van der Waals surface area contributed by atoms with Crippen LogP contribution in [0.2, 0.25) is 0 Å². The summed E-state index contributed by atoms with van der Waals surface area (Å²) in [6.07, 6.45) is 3.45. The molecule has 22 heavy (non-hydrogen) atoms. The Labute approximate surface area is 128 Å². The van der Waals surface area contributed by atoms with Crippen LogP contribution in [0.15, 0.2) is 24.5 Å². The van der Waals surface area contributed by atoms with E-state index in [1.165, 1.54) is 18.5 Å². The first-order chi connectivity index (χ1) is 10.8. The minimum absolute atomic E-state index is 0.285. The molecule has 0 radical (unpaired) electrons. The molecule has 1 aromatic heterocycles. The molecule has 1 aliphatic heterocycles. The molecule has 5 nitrogen and oxygen atoms in total. The van der Waals surface area contributed by atoms with E-state index in [0.717, 1.165) is 44.7 Å². The van der Waals surface area contributed by atoms with Gasteiger partial charge in [-0.15, -0.1) is 0 Å². The molecule has 0 saturated carbocycles. The zero-order chi connectivity index (χ0) is 15.2. The number of halogens is 1. The monoisotopic (exact) mass is 305 g/mol. The first-order valence-corrected chi connectivity index (χ1v) is 7.62. The van der Waals surface area contributed by atoms with E-state index in [2.05, 4.69) is 15.3 Å². The van der Waals surface area contributed by atoms with E-state index < -0.39 is 0 Å². The fourth-order valence-electron chi connectivity index (χ4n) is 2.52. The van der Waals surface area contributed by atoms with Gasteiger partial charge in [-0.05, 0) is 31.0 Å². The van der Waals surface area contributed by atoms with Crippen molar-refractivity contribution in [1.82, 2.24) is 9.97 Å². The minimum Gasteiger partial charge on any atom is -0.381 e. The van der Waals surface area contributed by atoms with E-state index in [1.807, 2.05) is 0 Å². The van der Waals surface area contributed by atoms with Crippen LogP contribution >= 0.6 is 0 Å². The largest absolute Gasteiger partial charge is 0.381 e. The summed E-state index contributed by atoms with van der Waals surface area (Å²) in [6, 6.07) is 4.51. The molecule has 2 aromatic rings. The van der Waals surface area contributed by atoms with Gasteiger partial charge in [0.15, 0.2) is 0 Å². The van der Waals surface area contributed by atoms with Gasteiger partial charge >= 0.3 is 0 Å². The molecule has 0 aliphatic carbocycles. The number of hydrogen-bond donors (Lipinski definition) is 1. The van der Waals surface area contributed by atoms with Crippen LogP contribution in [0, 0.1) is 11.7 Å². The number of nitrogens with one attached hydrogen (secondary N) is 1. The summed E-state index contributed by atoms with van der Waals surface area (Å²) in [5.74, 6) is 0.919. The lowest BCUT2D eigenvalue weighted by Crippen LogP contribution is -2.12. The third kappa shape index (κ3) is 3.90. The van der Waals surface area contributed by atoms with Crippen molar-refractivity contribution in [1.29, 1.82) is 0 Å². The standard InChI is InChI=1S/C16H20FN3O2/c17-13-2-3-15-14(8-13)16(20-11-19-15)18-5-1-6-21-9-12-4-7-22-10-12/h2-3,8,11-12H,1,4-7,9-10H2,(H,18,19,20). The summed E-state index contributed by atoms with van der Waals surface area (Å²) in [6.45, 7) is 3.86. The first kappa shape index (κ1) is 15.1. The number of aromatic nitrogens is 2. The number of ether oxygens (including phenoxy) is 2. The predicted octanol–water partition coefficient (Wildman–Crippen LogP) is 2.62. The van der Waals surface area contributed by atoms with Gasteiger partial charge in [0.25, 0.3) is 0 Å². The van der Waals surface area contributed by atoms with Gasteiger partial charge in [-0.2, -0.15) is 0 Å². The van der Waals surface area contributed by atoms with Gasteiger partial charge < -0.3 is 14.8 Å². The molecule has 1 unspecified atom stereocenters. The molecular formula is C16H20FN3O2. The number of benzene rings is 1. The van der Waals surface area contributed by atoms with Crippen LogP contribution in [0.4, 0.5) is 10.2 Å². The van der Waals surface area contributed by atoms with Crippen LogP contribution in [-0.2, 0) is 9.47 Å². The van der Waals surface area contributed by atoms with Gasteiger partial charge in [-0.3, -0.25) is 0 Å². The van der Waals surface area contributed by atoms with Crippen LogP contribution in [0.3, 0.4) is 0 Å². The maximum absolute atomic E-state index is 13.3. The minimum atomic E-state index is -0.285. The quantitative estimate of drug-likeness (QED) is 0.797. The molecular weight excluding hydrogens is 285 g/mol. The summed E-state index contributed by atoms with van der Waals surface area (Å²) in [5.41, 5.74) is 0.733. The summed E-state index contributed by atoms with van der Waals surface area (Å²) in [5, 5.41) is 3.92. The molecule has 1 atom stereocenters. The summed E-state index contributed by atoms with van der Waals surface area (Å²) in [4.78, 5) is 8.31. The highest BCUT2D eigenvalue weighted by molar-refractivity contribution is 5.88. The molecule has 1 saturated heterocycles. The molecule has 3 rings (SSSR count). The molecule has 0 bridgehead atoms. The Balaban J connectivity index is 1.44. The van der Waals surface area contributed by atoms with E-state index >= 15 is 0 Å². The summed E-state index contributed by atoms with van der Waals surface area (Å²) >= 11 is 0. The van der Waals surface area contributed by atoms with Crippen molar-refractivity contribution in [2.75, 3.05) is 38.3 Å². The van der Waals surface area contributed by atoms with E-state index in [-0.39, 0.29) is 5.82 Å². The molecule has 1 fully saturated rings. The first-order valence-electron chi connectivity index (χ1n) is 7.62. The SMILES string of the molecule is Fc1ccc2ncnc(NCCCOCC3CCOC3)c2c1. The Bertz CT molecular complexity index is 617. The van der Waals surface area contributed by atoms with Crippen molar-refractivity contribution in [3.8, 4) is 0 Å². The van der Waals surface area contributed by atoms with Crippen LogP contribution in [-0.4, -0.2) is 42.9 Å². The summed E-state index contributed by atoms with van der Waals surface area (Å²) < 4.78 is 24.3. The Morgan fingerprint density at radius 1 is 1.36 bits per heavy atom. The molecule has 1 aliphatic rings. The third-order valence-corrected chi connectivity index (χ3v) is 3.73. The van der Waals surface area contributed by atoms with Crippen molar-refractivity contribution in [3.63, 3.8) is 0 Å². The fraction of sp³-hybridized carbons (Fsp3) is 0.500. The Hall–Kier alpha value is -1.79. The second-order valence-electron chi connectivity index (χ2n) is 5.47.